The van der Waals surface area contributed by atoms with E-state index in [9.17, 15) is 19.2 Å². The van der Waals surface area contributed by atoms with E-state index < -0.39 is 18.4 Å². The molecule has 0 saturated heterocycles. The minimum absolute atomic E-state index is 0.0882. The van der Waals surface area contributed by atoms with Gasteiger partial charge in [0.2, 0.25) is 0 Å². The number of hydrogen-bond donors (Lipinski definition) is 4. The summed E-state index contributed by atoms with van der Waals surface area (Å²) < 4.78 is 0. The molecule has 2 aromatic carbocycles. The van der Waals surface area contributed by atoms with Crippen molar-refractivity contribution in [3.8, 4) is 0 Å². The second kappa shape index (κ2) is 11.0. The van der Waals surface area contributed by atoms with Gasteiger partial charge in [-0.15, -0.1) is 0 Å². The van der Waals surface area contributed by atoms with Gasteiger partial charge in [0.1, 0.15) is 6.54 Å². The summed E-state index contributed by atoms with van der Waals surface area (Å²) in [5, 5.41) is 17.7. The number of rotatable bonds is 8. The topological polar surface area (TPSA) is 128 Å². The Labute approximate surface area is 215 Å². The molecule has 0 spiro atoms. The highest BCUT2D eigenvalue weighted by Gasteiger charge is 2.31. The smallest absolute Gasteiger partial charge is 0.322 e. The van der Waals surface area contributed by atoms with Crippen LogP contribution in [-0.2, 0) is 9.59 Å². The van der Waals surface area contributed by atoms with Gasteiger partial charge in [0.05, 0.1) is 11.3 Å². The zero-order chi connectivity index (χ0) is 26.7. The molecule has 2 amide bonds. The molecule has 1 heterocycles. The number of benzene rings is 2. The van der Waals surface area contributed by atoms with Crippen molar-refractivity contribution in [2.24, 2.45) is 0 Å². The third kappa shape index (κ3) is 5.89. The van der Waals surface area contributed by atoms with Crippen LogP contribution in [0.4, 0.5) is 5.69 Å². The third-order valence-electron chi connectivity index (χ3n) is 7.03. The molecule has 1 aliphatic heterocycles. The summed E-state index contributed by atoms with van der Waals surface area (Å²) in [5.41, 5.74) is 3.95. The molecule has 1 fully saturated rings. The zero-order valence-corrected chi connectivity index (χ0v) is 21.3. The summed E-state index contributed by atoms with van der Waals surface area (Å²) >= 11 is 0. The summed E-state index contributed by atoms with van der Waals surface area (Å²) in [6.45, 7) is 1.02. The predicted molar refractivity (Wildman–Crippen MR) is 141 cm³/mol. The lowest BCUT2D eigenvalue weighted by Gasteiger charge is -2.34. The van der Waals surface area contributed by atoms with Crippen LogP contribution in [0, 0.1) is 0 Å². The van der Waals surface area contributed by atoms with Crippen molar-refractivity contribution < 1.29 is 24.3 Å². The monoisotopic (exact) mass is 504 g/mol. The molecular weight excluding hydrogens is 472 g/mol. The standard InChI is InChI=1S/C28H32N4O5/c1-16(33)19-8-13-23-22(14-19)25(28(37)31-23)26(30-20-9-11-21(12-10-20)32(2)3)17-4-6-18(7-5-17)27(36)29-15-24(34)35/h4-8,13-14,20-21,30H,9-12,15H2,1-3H3,(H,29,36)(H,31,37)(H,34,35)/b26-25-/t20-,21-. The highest BCUT2D eigenvalue weighted by atomic mass is 16.4. The molecule has 194 valence electrons. The number of hydrogen-bond acceptors (Lipinski definition) is 6. The van der Waals surface area contributed by atoms with Crippen molar-refractivity contribution in [3.05, 3.63) is 64.7 Å². The van der Waals surface area contributed by atoms with E-state index in [1.165, 1.54) is 6.92 Å². The first-order valence-corrected chi connectivity index (χ1v) is 12.4. The zero-order valence-electron chi connectivity index (χ0n) is 21.3. The van der Waals surface area contributed by atoms with Crippen molar-refractivity contribution >= 4 is 40.5 Å². The lowest BCUT2D eigenvalue weighted by atomic mass is 9.89. The number of carbonyl (C=O) groups excluding carboxylic acids is 3. The molecule has 37 heavy (non-hydrogen) atoms. The van der Waals surface area contributed by atoms with Crippen LogP contribution in [0.3, 0.4) is 0 Å². The molecule has 4 rings (SSSR count). The van der Waals surface area contributed by atoms with Gasteiger partial charge >= 0.3 is 5.97 Å². The maximum absolute atomic E-state index is 13.2. The third-order valence-corrected chi connectivity index (χ3v) is 7.03. The second-order valence-electron chi connectivity index (χ2n) is 9.79. The number of carboxylic acid groups (broad SMARTS) is 1. The van der Waals surface area contributed by atoms with E-state index in [4.69, 9.17) is 5.11 Å². The Kier molecular flexibility index (Phi) is 7.73. The number of carbonyl (C=O) groups is 4. The van der Waals surface area contributed by atoms with Gasteiger partial charge in [-0.25, -0.2) is 0 Å². The average Bonchev–Trinajstić information content (AvgIpc) is 3.20. The van der Waals surface area contributed by atoms with Crippen LogP contribution in [0.2, 0.25) is 0 Å². The number of amides is 2. The van der Waals surface area contributed by atoms with Crippen LogP contribution < -0.4 is 16.0 Å². The Balaban J connectivity index is 1.72. The first-order chi connectivity index (χ1) is 17.6. The predicted octanol–water partition coefficient (Wildman–Crippen LogP) is 2.99. The summed E-state index contributed by atoms with van der Waals surface area (Å²) in [5.74, 6) is -1.97. The van der Waals surface area contributed by atoms with Crippen molar-refractivity contribution in [1.82, 2.24) is 15.5 Å². The number of carboxylic acids is 1. The Hall–Kier alpha value is -3.98. The van der Waals surface area contributed by atoms with Crippen molar-refractivity contribution in [2.75, 3.05) is 26.0 Å². The maximum atomic E-state index is 13.2. The van der Waals surface area contributed by atoms with Crippen LogP contribution in [0.25, 0.3) is 11.3 Å². The van der Waals surface area contributed by atoms with E-state index in [1.54, 1.807) is 42.5 Å². The number of fused-ring (bicyclic) bond motifs is 1. The molecule has 9 heteroatoms. The van der Waals surface area contributed by atoms with E-state index in [-0.39, 0.29) is 17.7 Å². The van der Waals surface area contributed by atoms with Crippen LogP contribution in [0.1, 0.15) is 64.4 Å². The summed E-state index contributed by atoms with van der Waals surface area (Å²) in [7, 11) is 4.18. The number of aliphatic carboxylic acids is 1. The van der Waals surface area contributed by atoms with E-state index in [1.807, 2.05) is 0 Å². The Morgan fingerprint density at radius 3 is 2.19 bits per heavy atom. The Morgan fingerprint density at radius 1 is 0.973 bits per heavy atom. The van der Waals surface area contributed by atoms with E-state index in [0.29, 0.717) is 39.7 Å². The quantitative estimate of drug-likeness (QED) is 0.321. The molecule has 1 aliphatic carbocycles. The van der Waals surface area contributed by atoms with Gasteiger partial charge < -0.3 is 26.0 Å². The fourth-order valence-corrected chi connectivity index (χ4v) is 4.92. The molecule has 0 aromatic heterocycles. The molecule has 2 aliphatic rings. The van der Waals surface area contributed by atoms with Crippen LogP contribution in [0.5, 0.6) is 0 Å². The molecular formula is C28H32N4O5. The molecule has 9 nitrogen and oxygen atoms in total. The van der Waals surface area contributed by atoms with Gasteiger partial charge in [-0.2, -0.15) is 0 Å². The van der Waals surface area contributed by atoms with E-state index in [2.05, 4.69) is 34.9 Å². The molecule has 2 aromatic rings. The van der Waals surface area contributed by atoms with Crippen molar-refractivity contribution in [2.45, 2.75) is 44.7 Å². The highest BCUT2D eigenvalue weighted by molar-refractivity contribution is 6.36. The lowest BCUT2D eigenvalue weighted by molar-refractivity contribution is -0.135. The molecule has 0 unspecified atom stereocenters. The average molecular weight is 505 g/mol. The Morgan fingerprint density at radius 2 is 1.59 bits per heavy atom. The lowest BCUT2D eigenvalue weighted by Crippen LogP contribution is -2.39. The molecule has 0 radical (unpaired) electrons. The van der Waals surface area contributed by atoms with Gasteiger partial charge in [-0.1, -0.05) is 12.1 Å². The first-order valence-electron chi connectivity index (χ1n) is 12.4. The van der Waals surface area contributed by atoms with Crippen molar-refractivity contribution in [1.29, 1.82) is 0 Å². The number of Topliss-reactive ketones (excluding diaryl/α,β-unsaturated/α-hetero) is 1. The second-order valence-corrected chi connectivity index (χ2v) is 9.79. The fourth-order valence-electron chi connectivity index (χ4n) is 4.92. The molecule has 4 N–H and O–H groups in total. The van der Waals surface area contributed by atoms with E-state index in [0.717, 1.165) is 31.2 Å². The highest BCUT2D eigenvalue weighted by Crippen LogP contribution is 2.38. The van der Waals surface area contributed by atoms with Crippen LogP contribution in [0.15, 0.2) is 42.5 Å². The minimum atomic E-state index is -1.12. The summed E-state index contributed by atoms with van der Waals surface area (Å²) in [6, 6.07) is 12.6. The maximum Gasteiger partial charge on any atom is 0.322 e. The van der Waals surface area contributed by atoms with Crippen LogP contribution in [-0.4, -0.2) is 66.3 Å². The van der Waals surface area contributed by atoms with Gasteiger partial charge in [-0.3, -0.25) is 19.2 Å². The first kappa shape index (κ1) is 26.1. The van der Waals surface area contributed by atoms with Gasteiger partial charge in [0.15, 0.2) is 5.78 Å². The minimum Gasteiger partial charge on any atom is -0.480 e. The van der Waals surface area contributed by atoms with E-state index >= 15 is 0 Å². The summed E-state index contributed by atoms with van der Waals surface area (Å²) in [6.07, 6.45) is 3.95. The molecule has 0 bridgehead atoms. The van der Waals surface area contributed by atoms with Gasteiger partial charge in [-0.05, 0) is 82.6 Å². The number of ketones is 1. The van der Waals surface area contributed by atoms with Gasteiger partial charge in [0, 0.05) is 34.5 Å². The van der Waals surface area contributed by atoms with Crippen molar-refractivity contribution in [3.63, 3.8) is 0 Å². The van der Waals surface area contributed by atoms with Gasteiger partial charge in [0.25, 0.3) is 11.8 Å². The number of nitrogens with zero attached hydrogens (tertiary/aromatic N) is 1. The number of nitrogens with one attached hydrogen (secondary N) is 3. The Bertz CT molecular complexity index is 1260. The molecule has 0 atom stereocenters. The normalized spacial score (nSPS) is 20.2. The SMILES string of the molecule is CC(=O)c1ccc2c(c1)/C(=C(/N[C@H]1CC[C@H](N(C)C)CC1)c1ccc(C(=O)NCC(=O)O)cc1)C(=O)N2. The summed E-state index contributed by atoms with van der Waals surface area (Å²) in [4.78, 5) is 50.6. The largest absolute Gasteiger partial charge is 0.480 e. The number of anilines is 1. The fraction of sp³-hybridized carbons (Fsp3) is 0.357. The van der Waals surface area contributed by atoms with Crippen LogP contribution >= 0.6 is 0 Å². The molecule has 1 saturated carbocycles.